The highest BCUT2D eigenvalue weighted by molar-refractivity contribution is 6.62. The van der Waals surface area contributed by atoms with Gasteiger partial charge in [-0.1, -0.05) is 36.4 Å². The molecule has 0 amide bonds. The maximum absolute atomic E-state index is 13.1. The first-order chi connectivity index (χ1) is 10.1. The van der Waals surface area contributed by atoms with Crippen LogP contribution in [0.4, 0.5) is 4.39 Å². The van der Waals surface area contributed by atoms with Crippen molar-refractivity contribution in [3.8, 4) is 0 Å². The van der Waals surface area contributed by atoms with Gasteiger partial charge in [-0.05, 0) is 28.7 Å². The topological polar surface area (TPSA) is 55.8 Å². The van der Waals surface area contributed by atoms with Gasteiger partial charge in [0.2, 0.25) is 5.60 Å². The Balaban J connectivity index is 2.25. The van der Waals surface area contributed by atoms with Crippen LogP contribution in [0.3, 0.4) is 0 Å². The van der Waals surface area contributed by atoms with Crippen molar-refractivity contribution in [1.29, 1.82) is 0 Å². The molecule has 0 saturated heterocycles. The van der Waals surface area contributed by atoms with Crippen molar-refractivity contribution < 1.29 is 23.6 Å². The maximum atomic E-state index is 13.1. The molecular formula is C15H12BFO4. The molecule has 1 aliphatic heterocycles. The molecule has 0 bridgehead atoms. The van der Waals surface area contributed by atoms with Crippen LogP contribution in [0.15, 0.2) is 48.5 Å². The van der Waals surface area contributed by atoms with Gasteiger partial charge in [-0.15, -0.1) is 0 Å². The summed E-state index contributed by atoms with van der Waals surface area (Å²) in [5.74, 6) is -1.09. The monoisotopic (exact) mass is 286 g/mol. The average Bonchev–Trinajstić information content (AvgIpc) is 2.82. The summed E-state index contributed by atoms with van der Waals surface area (Å²) >= 11 is 0. The molecule has 0 aliphatic carbocycles. The molecule has 2 aromatic carbocycles. The number of benzene rings is 2. The van der Waals surface area contributed by atoms with Gasteiger partial charge in [0.15, 0.2) is 0 Å². The fourth-order valence-electron chi connectivity index (χ4n) is 2.66. The van der Waals surface area contributed by atoms with Crippen molar-refractivity contribution >= 4 is 18.6 Å². The molecule has 0 aromatic heterocycles. The van der Waals surface area contributed by atoms with E-state index in [9.17, 15) is 14.2 Å². The second-order valence-electron chi connectivity index (χ2n) is 4.74. The molecule has 6 heteroatoms. The van der Waals surface area contributed by atoms with Crippen LogP contribution in [0.5, 0.6) is 0 Å². The fourth-order valence-corrected chi connectivity index (χ4v) is 2.66. The second kappa shape index (κ2) is 4.98. The van der Waals surface area contributed by atoms with E-state index in [0.717, 1.165) is 0 Å². The van der Waals surface area contributed by atoms with Crippen LogP contribution in [-0.2, 0) is 19.8 Å². The number of esters is 1. The lowest BCUT2D eigenvalue weighted by Crippen LogP contribution is -2.39. The molecule has 3 rings (SSSR count). The van der Waals surface area contributed by atoms with E-state index in [1.807, 2.05) is 0 Å². The summed E-state index contributed by atoms with van der Waals surface area (Å²) < 4.78 is 23.6. The number of carbonyl (C=O) groups excluding carboxylic acids is 1. The molecule has 1 unspecified atom stereocenters. The van der Waals surface area contributed by atoms with Crippen LogP contribution in [0.1, 0.15) is 11.1 Å². The van der Waals surface area contributed by atoms with E-state index >= 15 is 0 Å². The Hall–Kier alpha value is -2.18. The molecule has 106 valence electrons. The molecule has 1 atom stereocenters. The van der Waals surface area contributed by atoms with E-state index < -0.39 is 24.5 Å². The predicted molar refractivity (Wildman–Crippen MR) is 74.3 cm³/mol. The van der Waals surface area contributed by atoms with E-state index in [2.05, 4.69) is 0 Å². The number of hydrogen-bond donors (Lipinski definition) is 1. The summed E-state index contributed by atoms with van der Waals surface area (Å²) in [5, 5.41) is 10.1. The Morgan fingerprint density at radius 2 is 1.90 bits per heavy atom. The fraction of sp³-hybridized carbons (Fsp3) is 0.133. The highest BCUT2D eigenvalue weighted by Crippen LogP contribution is 2.38. The third-order valence-electron chi connectivity index (χ3n) is 3.62. The van der Waals surface area contributed by atoms with Gasteiger partial charge in [-0.25, -0.2) is 9.18 Å². The zero-order chi connectivity index (χ0) is 15.0. The van der Waals surface area contributed by atoms with Crippen LogP contribution in [-0.4, -0.2) is 25.2 Å². The highest BCUT2D eigenvalue weighted by atomic mass is 19.1. The second-order valence-corrected chi connectivity index (χ2v) is 4.74. The molecule has 1 aliphatic rings. The van der Waals surface area contributed by atoms with E-state index in [1.165, 1.54) is 31.4 Å². The number of ether oxygens (including phenoxy) is 1. The molecule has 2 aromatic rings. The van der Waals surface area contributed by atoms with Crippen molar-refractivity contribution in [3.05, 3.63) is 65.5 Å². The van der Waals surface area contributed by atoms with Crippen molar-refractivity contribution in [2.75, 3.05) is 7.11 Å². The molecule has 0 radical (unpaired) electrons. The SMILES string of the molecule is COC(=O)C1(c2ccc(F)cc2)OB(O)c2ccccc21. The lowest BCUT2D eigenvalue weighted by atomic mass is 9.77. The van der Waals surface area contributed by atoms with Crippen molar-refractivity contribution in [2.45, 2.75) is 5.60 Å². The summed E-state index contributed by atoms with van der Waals surface area (Å²) in [4.78, 5) is 12.4. The smallest absolute Gasteiger partial charge is 0.466 e. The standard InChI is InChI=1S/C15H12BFO4/c1-20-14(18)15(10-6-8-11(17)9-7-10)12-4-2-3-5-13(12)16(19)21-15/h2-9,19H,1H3. The van der Waals surface area contributed by atoms with Crippen LogP contribution >= 0.6 is 0 Å². The van der Waals surface area contributed by atoms with Crippen LogP contribution in [0.2, 0.25) is 0 Å². The third kappa shape index (κ3) is 1.95. The minimum Gasteiger partial charge on any atom is -0.466 e. The molecule has 21 heavy (non-hydrogen) atoms. The zero-order valence-corrected chi connectivity index (χ0v) is 11.2. The molecule has 1 heterocycles. The first-order valence-corrected chi connectivity index (χ1v) is 6.39. The summed E-state index contributed by atoms with van der Waals surface area (Å²) in [6.45, 7) is 0. The molecule has 0 fully saturated rings. The molecule has 0 spiro atoms. The number of fused-ring (bicyclic) bond motifs is 1. The van der Waals surface area contributed by atoms with Gasteiger partial charge in [-0.3, -0.25) is 0 Å². The predicted octanol–water partition coefficient (Wildman–Crippen LogP) is 0.960. The maximum Gasteiger partial charge on any atom is 0.492 e. The van der Waals surface area contributed by atoms with Crippen LogP contribution < -0.4 is 5.46 Å². The molecule has 0 saturated carbocycles. The highest BCUT2D eigenvalue weighted by Gasteiger charge is 2.54. The number of hydrogen-bond acceptors (Lipinski definition) is 4. The Morgan fingerprint density at radius 1 is 1.24 bits per heavy atom. The Labute approximate surface area is 121 Å². The van der Waals surface area contributed by atoms with E-state index in [4.69, 9.17) is 9.39 Å². The lowest BCUT2D eigenvalue weighted by Gasteiger charge is -2.28. The number of carbonyl (C=O) groups is 1. The normalized spacial score (nSPS) is 20.2. The Bertz CT molecular complexity index is 688. The lowest BCUT2D eigenvalue weighted by molar-refractivity contribution is -0.156. The largest absolute Gasteiger partial charge is 0.492 e. The molecule has 1 N–H and O–H groups in total. The van der Waals surface area contributed by atoms with Gasteiger partial charge in [0.25, 0.3) is 0 Å². The van der Waals surface area contributed by atoms with Gasteiger partial charge in [0, 0.05) is 0 Å². The average molecular weight is 286 g/mol. The van der Waals surface area contributed by atoms with Crippen LogP contribution in [0, 0.1) is 5.82 Å². The Kier molecular flexibility index (Phi) is 3.27. The van der Waals surface area contributed by atoms with E-state index in [-0.39, 0.29) is 0 Å². The van der Waals surface area contributed by atoms with Crippen molar-refractivity contribution in [3.63, 3.8) is 0 Å². The number of rotatable bonds is 2. The van der Waals surface area contributed by atoms with Gasteiger partial charge in [0.1, 0.15) is 5.82 Å². The van der Waals surface area contributed by atoms with E-state index in [0.29, 0.717) is 16.6 Å². The quantitative estimate of drug-likeness (QED) is 0.660. The summed E-state index contributed by atoms with van der Waals surface area (Å²) in [7, 11) is -0.00469. The van der Waals surface area contributed by atoms with Gasteiger partial charge >= 0.3 is 13.1 Å². The summed E-state index contributed by atoms with van der Waals surface area (Å²) in [5.41, 5.74) is -0.193. The van der Waals surface area contributed by atoms with Crippen molar-refractivity contribution in [2.24, 2.45) is 0 Å². The van der Waals surface area contributed by atoms with E-state index in [1.54, 1.807) is 24.3 Å². The van der Waals surface area contributed by atoms with Crippen LogP contribution in [0.25, 0.3) is 0 Å². The molecular weight excluding hydrogens is 274 g/mol. The first kappa shape index (κ1) is 13.8. The van der Waals surface area contributed by atoms with Crippen molar-refractivity contribution in [1.82, 2.24) is 0 Å². The van der Waals surface area contributed by atoms with Gasteiger partial charge in [-0.2, -0.15) is 0 Å². The molecule has 4 nitrogen and oxygen atoms in total. The zero-order valence-electron chi connectivity index (χ0n) is 11.2. The van der Waals surface area contributed by atoms with Gasteiger partial charge in [0.05, 0.1) is 7.11 Å². The third-order valence-corrected chi connectivity index (χ3v) is 3.62. The Morgan fingerprint density at radius 3 is 2.57 bits per heavy atom. The minimum atomic E-state index is -1.58. The first-order valence-electron chi connectivity index (χ1n) is 6.39. The van der Waals surface area contributed by atoms with Gasteiger partial charge < -0.3 is 14.4 Å². The number of methoxy groups -OCH3 is 1. The minimum absolute atomic E-state index is 0.403. The summed E-state index contributed by atoms with van der Waals surface area (Å²) in [6, 6.07) is 12.2. The summed E-state index contributed by atoms with van der Waals surface area (Å²) in [6.07, 6.45) is 0. The number of halogens is 1.